The van der Waals surface area contributed by atoms with Gasteiger partial charge in [0.1, 0.15) is 5.82 Å². The summed E-state index contributed by atoms with van der Waals surface area (Å²) in [6, 6.07) is 18.5. The average molecular weight is 277 g/mol. The molecule has 0 saturated heterocycles. The van der Waals surface area contributed by atoms with Crippen LogP contribution < -0.4 is 5.73 Å². The van der Waals surface area contributed by atoms with Gasteiger partial charge in [0.15, 0.2) is 0 Å². The van der Waals surface area contributed by atoms with Crippen molar-refractivity contribution in [2.24, 2.45) is 0 Å². The van der Waals surface area contributed by atoms with Crippen LogP contribution >= 0.6 is 0 Å². The van der Waals surface area contributed by atoms with Crippen molar-refractivity contribution < 1.29 is 0 Å². The molecular formula is C18H19N3. The van der Waals surface area contributed by atoms with Crippen molar-refractivity contribution in [2.45, 2.75) is 20.3 Å². The molecule has 1 heterocycles. The van der Waals surface area contributed by atoms with Crippen LogP contribution in [0.2, 0.25) is 0 Å². The molecule has 0 bridgehead atoms. The molecule has 0 spiro atoms. The van der Waals surface area contributed by atoms with Gasteiger partial charge in [-0.25, -0.2) is 4.68 Å². The Morgan fingerprint density at radius 2 is 1.86 bits per heavy atom. The van der Waals surface area contributed by atoms with Gasteiger partial charge in [-0.3, -0.25) is 0 Å². The van der Waals surface area contributed by atoms with Gasteiger partial charge in [0.25, 0.3) is 0 Å². The number of rotatable bonds is 3. The van der Waals surface area contributed by atoms with Crippen LogP contribution in [0.4, 0.5) is 5.82 Å². The zero-order chi connectivity index (χ0) is 14.8. The summed E-state index contributed by atoms with van der Waals surface area (Å²) in [6.07, 6.45) is 1.02. The van der Waals surface area contributed by atoms with Crippen molar-refractivity contribution in [3.63, 3.8) is 0 Å². The van der Waals surface area contributed by atoms with E-state index < -0.39 is 0 Å². The third kappa shape index (κ3) is 2.55. The molecule has 0 atom stereocenters. The first-order chi connectivity index (χ1) is 10.2. The van der Waals surface area contributed by atoms with Crippen LogP contribution in [0.15, 0.2) is 54.6 Å². The van der Waals surface area contributed by atoms with Gasteiger partial charge in [-0.1, -0.05) is 43.3 Å². The molecule has 0 fully saturated rings. The second-order valence-electron chi connectivity index (χ2n) is 5.21. The molecule has 0 aliphatic carbocycles. The lowest BCUT2D eigenvalue weighted by molar-refractivity contribution is 0.887. The molecule has 1 aromatic heterocycles. The van der Waals surface area contributed by atoms with Gasteiger partial charge in [0.2, 0.25) is 0 Å². The van der Waals surface area contributed by atoms with E-state index in [-0.39, 0.29) is 0 Å². The van der Waals surface area contributed by atoms with Crippen molar-refractivity contribution in [3.8, 4) is 16.9 Å². The van der Waals surface area contributed by atoms with E-state index >= 15 is 0 Å². The van der Waals surface area contributed by atoms with E-state index in [0.717, 1.165) is 28.9 Å². The molecule has 0 aliphatic rings. The number of anilines is 1. The molecular weight excluding hydrogens is 258 g/mol. The first-order valence-electron chi connectivity index (χ1n) is 7.20. The number of hydrogen-bond acceptors (Lipinski definition) is 2. The molecule has 0 radical (unpaired) electrons. The standard InChI is InChI=1S/C18H19N3/c1-3-14-8-6-9-15(11-14)16-12-18(19)21(20-16)17-10-5-4-7-13(17)2/h4-12H,3,19H2,1-2H3. The maximum atomic E-state index is 6.15. The lowest BCUT2D eigenvalue weighted by Gasteiger charge is -2.07. The predicted molar refractivity (Wildman–Crippen MR) is 87.5 cm³/mol. The topological polar surface area (TPSA) is 43.8 Å². The molecule has 3 rings (SSSR count). The number of aryl methyl sites for hydroxylation is 2. The second kappa shape index (κ2) is 5.44. The molecule has 2 aromatic carbocycles. The van der Waals surface area contributed by atoms with Gasteiger partial charge in [0, 0.05) is 11.6 Å². The fourth-order valence-electron chi connectivity index (χ4n) is 2.48. The van der Waals surface area contributed by atoms with Crippen LogP contribution in [0.3, 0.4) is 0 Å². The summed E-state index contributed by atoms with van der Waals surface area (Å²) >= 11 is 0. The molecule has 106 valence electrons. The van der Waals surface area contributed by atoms with Crippen molar-refractivity contribution in [1.82, 2.24) is 9.78 Å². The Kier molecular flexibility index (Phi) is 3.48. The number of nitrogens with two attached hydrogens (primary N) is 1. The Morgan fingerprint density at radius 3 is 2.62 bits per heavy atom. The first-order valence-corrected chi connectivity index (χ1v) is 7.20. The number of nitrogens with zero attached hydrogens (tertiary/aromatic N) is 2. The normalized spacial score (nSPS) is 10.8. The average Bonchev–Trinajstić information content (AvgIpc) is 2.90. The smallest absolute Gasteiger partial charge is 0.127 e. The van der Waals surface area contributed by atoms with E-state index in [1.165, 1.54) is 5.56 Å². The third-order valence-electron chi connectivity index (χ3n) is 3.71. The van der Waals surface area contributed by atoms with Gasteiger partial charge in [-0.15, -0.1) is 0 Å². The Labute approximate surface area is 125 Å². The predicted octanol–water partition coefficient (Wildman–Crippen LogP) is 3.99. The Morgan fingerprint density at radius 1 is 1.05 bits per heavy atom. The number of para-hydroxylation sites is 1. The summed E-state index contributed by atoms with van der Waals surface area (Å²) in [7, 11) is 0. The minimum absolute atomic E-state index is 0.654. The molecule has 0 unspecified atom stereocenters. The Hall–Kier alpha value is -2.55. The zero-order valence-corrected chi connectivity index (χ0v) is 12.4. The maximum Gasteiger partial charge on any atom is 0.127 e. The summed E-state index contributed by atoms with van der Waals surface area (Å²) in [4.78, 5) is 0. The van der Waals surface area contributed by atoms with Gasteiger partial charge in [0.05, 0.1) is 11.4 Å². The lowest BCUT2D eigenvalue weighted by Crippen LogP contribution is -2.03. The molecule has 21 heavy (non-hydrogen) atoms. The van der Waals surface area contributed by atoms with Crippen LogP contribution in [0.25, 0.3) is 16.9 Å². The van der Waals surface area contributed by atoms with Crippen molar-refractivity contribution in [1.29, 1.82) is 0 Å². The molecule has 3 heteroatoms. The zero-order valence-electron chi connectivity index (χ0n) is 12.4. The highest BCUT2D eigenvalue weighted by Gasteiger charge is 2.10. The highest BCUT2D eigenvalue weighted by Crippen LogP contribution is 2.25. The summed E-state index contributed by atoms with van der Waals surface area (Å²) in [5.74, 6) is 0.654. The van der Waals surface area contributed by atoms with Crippen LogP contribution in [0, 0.1) is 6.92 Å². The minimum atomic E-state index is 0.654. The van der Waals surface area contributed by atoms with Gasteiger partial charge >= 0.3 is 0 Å². The lowest BCUT2D eigenvalue weighted by atomic mass is 10.1. The van der Waals surface area contributed by atoms with E-state index in [1.54, 1.807) is 0 Å². The number of hydrogen-bond donors (Lipinski definition) is 1. The summed E-state index contributed by atoms with van der Waals surface area (Å²) in [5.41, 5.74) is 11.6. The van der Waals surface area contributed by atoms with E-state index in [4.69, 9.17) is 5.73 Å². The molecule has 3 nitrogen and oxygen atoms in total. The Balaban J connectivity index is 2.07. The summed E-state index contributed by atoms with van der Waals surface area (Å²) < 4.78 is 1.81. The Bertz CT molecular complexity index is 772. The molecule has 0 aliphatic heterocycles. The number of nitrogen functional groups attached to an aromatic ring is 1. The monoisotopic (exact) mass is 277 g/mol. The fraction of sp³-hybridized carbons (Fsp3) is 0.167. The quantitative estimate of drug-likeness (QED) is 0.786. The molecule has 3 aromatic rings. The van der Waals surface area contributed by atoms with Crippen molar-refractivity contribution in [3.05, 3.63) is 65.7 Å². The van der Waals surface area contributed by atoms with Gasteiger partial charge in [-0.2, -0.15) is 5.10 Å². The molecule has 0 amide bonds. The third-order valence-corrected chi connectivity index (χ3v) is 3.71. The van der Waals surface area contributed by atoms with E-state index in [1.807, 2.05) is 28.9 Å². The summed E-state index contributed by atoms with van der Waals surface area (Å²) in [6.45, 7) is 4.22. The van der Waals surface area contributed by atoms with E-state index in [0.29, 0.717) is 5.82 Å². The first kappa shape index (κ1) is 13.4. The summed E-state index contributed by atoms with van der Waals surface area (Å²) in [5, 5.41) is 4.68. The van der Waals surface area contributed by atoms with Crippen LogP contribution in [0.1, 0.15) is 18.1 Å². The van der Waals surface area contributed by atoms with Crippen LogP contribution in [0.5, 0.6) is 0 Å². The second-order valence-corrected chi connectivity index (χ2v) is 5.21. The number of benzene rings is 2. The number of aromatic nitrogens is 2. The largest absolute Gasteiger partial charge is 0.384 e. The van der Waals surface area contributed by atoms with Gasteiger partial charge < -0.3 is 5.73 Å². The van der Waals surface area contributed by atoms with Crippen molar-refractivity contribution >= 4 is 5.82 Å². The van der Waals surface area contributed by atoms with Crippen molar-refractivity contribution in [2.75, 3.05) is 5.73 Å². The van der Waals surface area contributed by atoms with Gasteiger partial charge in [-0.05, 0) is 36.6 Å². The molecule has 0 saturated carbocycles. The van der Waals surface area contributed by atoms with E-state index in [2.05, 4.69) is 49.3 Å². The highest BCUT2D eigenvalue weighted by atomic mass is 15.3. The fourth-order valence-corrected chi connectivity index (χ4v) is 2.48. The highest BCUT2D eigenvalue weighted by molar-refractivity contribution is 5.64. The van der Waals surface area contributed by atoms with Crippen LogP contribution in [-0.4, -0.2) is 9.78 Å². The molecule has 2 N–H and O–H groups in total. The van der Waals surface area contributed by atoms with Crippen LogP contribution in [-0.2, 0) is 6.42 Å². The van der Waals surface area contributed by atoms with E-state index in [9.17, 15) is 0 Å². The SMILES string of the molecule is CCc1cccc(-c2cc(N)n(-c3ccccc3C)n2)c1. The maximum absolute atomic E-state index is 6.15. The minimum Gasteiger partial charge on any atom is -0.384 e.